The molecule has 1 aliphatic heterocycles. The third-order valence-corrected chi connectivity index (χ3v) is 4.09. The average Bonchev–Trinajstić information content (AvgIpc) is 2.51. The Morgan fingerprint density at radius 1 is 1.17 bits per heavy atom. The fourth-order valence-corrected chi connectivity index (χ4v) is 2.48. The van der Waals surface area contributed by atoms with Crippen molar-refractivity contribution in [2.24, 2.45) is 5.73 Å². The number of hydrogen-bond acceptors (Lipinski definition) is 5. The van der Waals surface area contributed by atoms with Crippen LogP contribution in [0.2, 0.25) is 0 Å². The van der Waals surface area contributed by atoms with Crippen LogP contribution in [0, 0.1) is 0 Å². The Balaban J connectivity index is 2.28. The highest BCUT2D eigenvalue weighted by Crippen LogP contribution is 2.22. The number of nitrogens with one attached hydrogen (secondary N) is 2. The van der Waals surface area contributed by atoms with Gasteiger partial charge >= 0.3 is 6.03 Å². The monoisotopic (exact) mass is 343 g/mol. The second kappa shape index (κ2) is 9.43. The summed E-state index contributed by atoms with van der Waals surface area (Å²) in [6.07, 6.45) is 1.43. The first kappa shape index (κ1) is 20.2. The summed E-state index contributed by atoms with van der Waals surface area (Å²) in [6, 6.07) is -0.673. The van der Waals surface area contributed by atoms with Crippen molar-refractivity contribution in [3.05, 3.63) is 0 Å². The zero-order valence-electron chi connectivity index (χ0n) is 14.5. The Kier molecular flexibility index (Phi) is 7.93. The summed E-state index contributed by atoms with van der Waals surface area (Å²) in [5, 5.41) is 15.5. The molecule has 0 radical (unpaired) electrons. The van der Waals surface area contributed by atoms with Crippen LogP contribution < -0.4 is 16.4 Å². The fraction of sp³-hybridized carbons (Fsp3) is 0.800. The lowest BCUT2D eigenvalue weighted by Gasteiger charge is -2.38. The van der Waals surface area contributed by atoms with Crippen LogP contribution in [0.3, 0.4) is 0 Å². The van der Waals surface area contributed by atoms with Crippen molar-refractivity contribution < 1.29 is 19.5 Å². The van der Waals surface area contributed by atoms with Crippen molar-refractivity contribution in [2.45, 2.75) is 31.3 Å². The predicted molar refractivity (Wildman–Crippen MR) is 89.1 cm³/mol. The molecule has 0 aromatic carbocycles. The third kappa shape index (κ3) is 7.60. The Morgan fingerprint density at radius 2 is 1.79 bits per heavy atom. The van der Waals surface area contributed by atoms with Gasteiger partial charge in [-0.1, -0.05) is 0 Å². The van der Waals surface area contributed by atoms with Crippen molar-refractivity contribution in [1.29, 1.82) is 0 Å². The fourth-order valence-electron chi connectivity index (χ4n) is 2.48. The van der Waals surface area contributed by atoms with Gasteiger partial charge in [0.15, 0.2) is 0 Å². The summed E-state index contributed by atoms with van der Waals surface area (Å²) in [7, 11) is 3.84. The molecule has 1 heterocycles. The molecule has 0 aliphatic carbocycles. The molecule has 9 heteroatoms. The molecule has 1 rings (SSSR count). The van der Waals surface area contributed by atoms with E-state index in [2.05, 4.69) is 10.6 Å². The summed E-state index contributed by atoms with van der Waals surface area (Å²) in [4.78, 5) is 37.9. The first-order chi connectivity index (χ1) is 11.2. The van der Waals surface area contributed by atoms with E-state index in [1.165, 1.54) is 0 Å². The maximum Gasteiger partial charge on any atom is 0.312 e. The number of carbonyl (C=O) groups is 3. The van der Waals surface area contributed by atoms with Crippen molar-refractivity contribution in [3.8, 4) is 0 Å². The third-order valence-electron chi connectivity index (χ3n) is 4.09. The number of rotatable bonds is 8. The molecule has 4 amide bonds. The number of hydrogen-bond donors (Lipinski definition) is 4. The van der Waals surface area contributed by atoms with Gasteiger partial charge in [-0.3, -0.25) is 9.59 Å². The van der Waals surface area contributed by atoms with Gasteiger partial charge in [0, 0.05) is 45.6 Å². The molecule has 5 N–H and O–H groups in total. The molecule has 0 aromatic heterocycles. The zero-order valence-corrected chi connectivity index (χ0v) is 14.5. The van der Waals surface area contributed by atoms with E-state index in [1.807, 2.05) is 19.0 Å². The molecule has 0 saturated carbocycles. The molecular formula is C15H29N5O4. The van der Waals surface area contributed by atoms with E-state index < -0.39 is 11.6 Å². The summed E-state index contributed by atoms with van der Waals surface area (Å²) in [5.74, 6) is -0.172. The lowest BCUT2D eigenvalue weighted by Crippen LogP contribution is -2.52. The second-order valence-corrected chi connectivity index (χ2v) is 6.48. The molecule has 1 aliphatic rings. The van der Waals surface area contributed by atoms with Crippen LogP contribution in [0.5, 0.6) is 0 Å². The molecule has 24 heavy (non-hydrogen) atoms. The van der Waals surface area contributed by atoms with Gasteiger partial charge < -0.3 is 31.3 Å². The number of primary amides is 1. The molecule has 9 nitrogen and oxygen atoms in total. The van der Waals surface area contributed by atoms with Crippen molar-refractivity contribution >= 4 is 17.8 Å². The van der Waals surface area contributed by atoms with Gasteiger partial charge in [-0.25, -0.2) is 4.79 Å². The minimum Gasteiger partial charge on any atom is -0.388 e. The van der Waals surface area contributed by atoms with Gasteiger partial charge in [-0.2, -0.15) is 0 Å². The van der Waals surface area contributed by atoms with Crippen LogP contribution in [0.4, 0.5) is 4.79 Å². The highest BCUT2D eigenvalue weighted by molar-refractivity contribution is 5.78. The van der Waals surface area contributed by atoms with Crippen molar-refractivity contribution in [1.82, 2.24) is 20.4 Å². The van der Waals surface area contributed by atoms with E-state index in [-0.39, 0.29) is 31.3 Å². The molecule has 138 valence electrons. The van der Waals surface area contributed by atoms with Gasteiger partial charge in [-0.15, -0.1) is 0 Å². The van der Waals surface area contributed by atoms with Crippen LogP contribution in [0.25, 0.3) is 0 Å². The Labute approximate surface area is 142 Å². The Hall–Kier alpha value is -1.87. The number of nitrogens with zero attached hydrogens (tertiary/aromatic N) is 2. The molecule has 1 saturated heterocycles. The predicted octanol–water partition coefficient (Wildman–Crippen LogP) is -1.53. The van der Waals surface area contributed by atoms with Crippen LogP contribution >= 0.6 is 0 Å². The minimum absolute atomic E-state index is 0.0901. The van der Waals surface area contributed by atoms with Gasteiger partial charge in [-0.05, 0) is 26.9 Å². The Bertz CT molecular complexity index is 447. The van der Waals surface area contributed by atoms with E-state index in [4.69, 9.17) is 5.73 Å². The summed E-state index contributed by atoms with van der Waals surface area (Å²) in [6.45, 7) is 1.98. The molecule has 0 atom stereocenters. The van der Waals surface area contributed by atoms with Gasteiger partial charge in [0.25, 0.3) is 0 Å². The van der Waals surface area contributed by atoms with Gasteiger partial charge in [0.1, 0.15) is 0 Å². The van der Waals surface area contributed by atoms with Crippen LogP contribution in [0.15, 0.2) is 0 Å². The topological polar surface area (TPSA) is 128 Å². The number of piperidine rings is 1. The lowest BCUT2D eigenvalue weighted by atomic mass is 9.91. The number of likely N-dealkylation sites (tertiary alicyclic amines) is 1. The smallest absolute Gasteiger partial charge is 0.312 e. The van der Waals surface area contributed by atoms with E-state index in [9.17, 15) is 19.5 Å². The standard InChI is InChI=1S/C15H29N5O4/c1-19(2)8-4-13(22)20-9-5-15(24,6-10-20)11-18-12(21)3-7-17-14(16)23/h24H,3-11H2,1-2H3,(H,18,21)(H3,16,17,23). The van der Waals surface area contributed by atoms with E-state index in [0.717, 1.165) is 0 Å². The average molecular weight is 343 g/mol. The molecule has 0 unspecified atom stereocenters. The normalized spacial score (nSPS) is 16.8. The molecule has 0 bridgehead atoms. The number of carbonyl (C=O) groups excluding carboxylic acids is 3. The second-order valence-electron chi connectivity index (χ2n) is 6.48. The minimum atomic E-state index is -0.995. The van der Waals surface area contributed by atoms with Crippen molar-refractivity contribution in [2.75, 3.05) is 46.8 Å². The number of amides is 4. The highest BCUT2D eigenvalue weighted by atomic mass is 16.3. The number of nitrogens with two attached hydrogens (primary N) is 1. The quantitative estimate of drug-likeness (QED) is 0.425. The summed E-state index contributed by atoms with van der Waals surface area (Å²) in [5.41, 5.74) is 3.91. The summed E-state index contributed by atoms with van der Waals surface area (Å²) < 4.78 is 0. The largest absolute Gasteiger partial charge is 0.388 e. The summed E-state index contributed by atoms with van der Waals surface area (Å²) >= 11 is 0. The highest BCUT2D eigenvalue weighted by Gasteiger charge is 2.33. The van der Waals surface area contributed by atoms with Crippen molar-refractivity contribution in [3.63, 3.8) is 0 Å². The molecule has 1 fully saturated rings. The Morgan fingerprint density at radius 3 is 2.33 bits per heavy atom. The maximum absolute atomic E-state index is 12.1. The first-order valence-corrected chi connectivity index (χ1v) is 8.17. The SMILES string of the molecule is CN(C)CCC(=O)N1CCC(O)(CNC(=O)CCNC(N)=O)CC1. The van der Waals surface area contributed by atoms with E-state index in [1.54, 1.807) is 4.90 Å². The first-order valence-electron chi connectivity index (χ1n) is 8.17. The van der Waals surface area contributed by atoms with Crippen LogP contribution in [-0.4, -0.2) is 85.2 Å². The van der Waals surface area contributed by atoms with Gasteiger partial charge in [0.2, 0.25) is 11.8 Å². The van der Waals surface area contributed by atoms with E-state index in [0.29, 0.717) is 38.9 Å². The zero-order chi connectivity index (χ0) is 18.2. The lowest BCUT2D eigenvalue weighted by molar-refractivity contribution is -0.136. The molecule has 0 spiro atoms. The van der Waals surface area contributed by atoms with Crippen LogP contribution in [0.1, 0.15) is 25.7 Å². The molecular weight excluding hydrogens is 314 g/mol. The van der Waals surface area contributed by atoms with Crippen LogP contribution in [-0.2, 0) is 9.59 Å². The molecule has 0 aromatic rings. The maximum atomic E-state index is 12.1. The number of urea groups is 1. The number of aliphatic hydroxyl groups is 1. The van der Waals surface area contributed by atoms with Gasteiger partial charge in [0.05, 0.1) is 5.60 Å². The van der Waals surface area contributed by atoms with E-state index >= 15 is 0 Å².